The van der Waals surface area contributed by atoms with Crippen LogP contribution in [-0.4, -0.2) is 39.3 Å². The Bertz CT molecular complexity index is 1380. The molecule has 0 fully saturated rings. The Morgan fingerprint density at radius 1 is 1.03 bits per heavy atom. The molecule has 0 spiro atoms. The van der Waals surface area contributed by atoms with Crippen molar-refractivity contribution >= 4 is 22.9 Å². The van der Waals surface area contributed by atoms with Gasteiger partial charge in [0.15, 0.2) is 0 Å². The fourth-order valence-electron chi connectivity index (χ4n) is 3.96. The van der Waals surface area contributed by atoms with Crippen molar-refractivity contribution in [1.82, 2.24) is 20.2 Å². The van der Waals surface area contributed by atoms with Crippen molar-refractivity contribution in [3.63, 3.8) is 0 Å². The Balaban J connectivity index is 0.000000384. The average Bonchev–Trinajstić information content (AvgIpc) is 3.31. The third kappa shape index (κ3) is 5.72. The highest BCUT2D eigenvalue weighted by Gasteiger charge is 2.38. The molecule has 186 valence electrons. The van der Waals surface area contributed by atoms with E-state index in [9.17, 15) is 18.0 Å². The summed E-state index contributed by atoms with van der Waals surface area (Å²) in [6.07, 6.45) is -2.35. The Morgan fingerprint density at radius 2 is 1.75 bits per heavy atom. The number of benzene rings is 3. The summed E-state index contributed by atoms with van der Waals surface area (Å²) in [7, 11) is 0. The number of hydrogen-bond donors (Lipinski definition) is 3. The van der Waals surface area contributed by atoms with Gasteiger partial charge in [0, 0.05) is 24.3 Å². The number of carbonyl (C=O) groups excluding carboxylic acids is 1. The molecule has 0 saturated carbocycles. The van der Waals surface area contributed by atoms with E-state index in [1.807, 2.05) is 36.7 Å². The lowest BCUT2D eigenvalue weighted by Crippen LogP contribution is -2.29. The number of para-hydroxylation sites is 2. The zero-order valence-electron chi connectivity index (χ0n) is 19.0. The molecule has 3 N–H and O–H groups in total. The predicted molar refractivity (Wildman–Crippen MR) is 128 cm³/mol. The molecule has 0 atom stereocenters. The number of halogens is 3. The zero-order chi connectivity index (χ0) is 25.7. The molecule has 0 aliphatic carbocycles. The first-order valence-corrected chi connectivity index (χ1v) is 11.2. The van der Waals surface area contributed by atoms with E-state index in [1.54, 1.807) is 0 Å². The molecular formula is C26H23F3N4O3. The summed E-state index contributed by atoms with van der Waals surface area (Å²) in [5.41, 5.74) is 7.37. The van der Waals surface area contributed by atoms with Crippen LogP contribution in [0.3, 0.4) is 0 Å². The number of carbonyl (C=O) groups is 2. The summed E-state index contributed by atoms with van der Waals surface area (Å²) in [6.45, 7) is 2.26. The molecule has 0 bridgehead atoms. The maximum atomic E-state index is 12.7. The maximum absolute atomic E-state index is 12.7. The first kappa shape index (κ1) is 24.9. The molecule has 7 nitrogen and oxygen atoms in total. The van der Waals surface area contributed by atoms with Crippen LogP contribution >= 0.6 is 0 Å². The summed E-state index contributed by atoms with van der Waals surface area (Å²) in [4.78, 5) is 26.1. The smallest absolute Gasteiger partial charge is 0.475 e. The van der Waals surface area contributed by atoms with Crippen LogP contribution in [0.5, 0.6) is 0 Å². The van der Waals surface area contributed by atoms with Crippen LogP contribution < -0.4 is 10.6 Å². The lowest BCUT2D eigenvalue weighted by molar-refractivity contribution is -0.192. The second-order valence-electron chi connectivity index (χ2n) is 8.13. The summed E-state index contributed by atoms with van der Waals surface area (Å²) in [5.74, 6) is -2.76. The van der Waals surface area contributed by atoms with Gasteiger partial charge in [0.05, 0.1) is 11.0 Å². The van der Waals surface area contributed by atoms with E-state index in [0.29, 0.717) is 6.54 Å². The number of carboxylic acids is 1. The number of imidazole rings is 1. The van der Waals surface area contributed by atoms with Crippen LogP contribution in [0, 0.1) is 0 Å². The fourth-order valence-corrected chi connectivity index (χ4v) is 3.96. The molecule has 0 unspecified atom stereocenters. The van der Waals surface area contributed by atoms with E-state index in [2.05, 4.69) is 56.6 Å². The molecule has 1 aliphatic rings. The molecule has 3 aromatic carbocycles. The van der Waals surface area contributed by atoms with Crippen molar-refractivity contribution in [3.05, 3.63) is 95.3 Å². The van der Waals surface area contributed by atoms with Gasteiger partial charge in [-0.3, -0.25) is 9.36 Å². The number of aromatic nitrogens is 2. The summed E-state index contributed by atoms with van der Waals surface area (Å²) < 4.78 is 33.8. The van der Waals surface area contributed by atoms with Gasteiger partial charge in [-0.1, -0.05) is 36.4 Å². The number of amides is 1. The molecule has 5 rings (SSSR count). The number of nitrogens with zero attached hydrogens (tertiary/aromatic N) is 2. The van der Waals surface area contributed by atoms with Gasteiger partial charge < -0.3 is 15.7 Å². The highest BCUT2D eigenvalue weighted by atomic mass is 19.4. The number of aliphatic carboxylic acids is 1. The summed E-state index contributed by atoms with van der Waals surface area (Å²) in [6, 6.07) is 22.3. The molecule has 1 aromatic heterocycles. The third-order valence-corrected chi connectivity index (χ3v) is 5.75. The molecule has 1 aliphatic heterocycles. The number of nitrogens with one attached hydrogen (secondary N) is 2. The number of alkyl halides is 3. The van der Waals surface area contributed by atoms with Gasteiger partial charge in [-0.25, -0.2) is 9.78 Å². The molecule has 0 radical (unpaired) electrons. The van der Waals surface area contributed by atoms with Gasteiger partial charge in [-0.15, -0.1) is 0 Å². The van der Waals surface area contributed by atoms with Crippen LogP contribution in [0.25, 0.3) is 16.7 Å². The van der Waals surface area contributed by atoms with E-state index >= 15 is 0 Å². The minimum absolute atomic E-state index is 0.00608. The maximum Gasteiger partial charge on any atom is 0.490 e. The number of fused-ring (bicyclic) bond motifs is 2. The van der Waals surface area contributed by atoms with Gasteiger partial charge in [0.2, 0.25) is 0 Å². The van der Waals surface area contributed by atoms with Crippen molar-refractivity contribution in [2.45, 2.75) is 25.7 Å². The molecule has 4 aromatic rings. The first-order chi connectivity index (χ1) is 17.2. The first-order valence-electron chi connectivity index (χ1n) is 11.2. The van der Waals surface area contributed by atoms with Crippen molar-refractivity contribution < 1.29 is 27.9 Å². The second-order valence-corrected chi connectivity index (χ2v) is 8.13. The fraction of sp³-hybridized carbons (Fsp3) is 0.192. The van der Waals surface area contributed by atoms with Gasteiger partial charge in [0.25, 0.3) is 5.91 Å². The van der Waals surface area contributed by atoms with E-state index in [1.165, 1.54) is 11.1 Å². The predicted octanol–water partition coefficient (Wildman–Crippen LogP) is 4.23. The molecular weight excluding hydrogens is 473 g/mol. The highest BCUT2D eigenvalue weighted by molar-refractivity contribution is 5.96. The monoisotopic (exact) mass is 496 g/mol. The standard InChI is InChI=1S/C24H22N4O.C2HF3O2/c29-24(21-5-3-4-18-15-25-13-12-20(18)21)26-14-17-8-10-19(11-9-17)28-16-27-22-6-1-2-7-23(22)28;3-2(4,5)1(6)7/h1-11,16,25H,12-15H2,(H,26,29);(H,6,7). The van der Waals surface area contributed by atoms with Crippen molar-refractivity contribution in [3.8, 4) is 5.69 Å². The topological polar surface area (TPSA) is 96.3 Å². The van der Waals surface area contributed by atoms with E-state index < -0.39 is 12.1 Å². The molecule has 10 heteroatoms. The quantitative estimate of drug-likeness (QED) is 0.393. The van der Waals surface area contributed by atoms with E-state index in [-0.39, 0.29) is 5.91 Å². The number of rotatable bonds is 4. The van der Waals surface area contributed by atoms with Crippen LogP contribution in [0.4, 0.5) is 13.2 Å². The summed E-state index contributed by atoms with van der Waals surface area (Å²) in [5, 5.41) is 13.6. The Labute approximate surface area is 204 Å². The van der Waals surface area contributed by atoms with Crippen LogP contribution in [0.2, 0.25) is 0 Å². The van der Waals surface area contributed by atoms with Crippen LogP contribution in [0.1, 0.15) is 27.0 Å². The van der Waals surface area contributed by atoms with Crippen molar-refractivity contribution in [2.24, 2.45) is 0 Å². The van der Waals surface area contributed by atoms with Crippen molar-refractivity contribution in [2.75, 3.05) is 6.54 Å². The number of carboxylic acid groups (broad SMARTS) is 1. The Hall–Kier alpha value is -4.18. The SMILES string of the molecule is O=C(NCc1ccc(-n2cnc3ccccc32)cc1)c1cccc2c1CCNC2.O=C(O)C(F)(F)F. The Kier molecular flexibility index (Phi) is 7.35. The minimum atomic E-state index is -5.08. The minimum Gasteiger partial charge on any atom is -0.475 e. The van der Waals surface area contributed by atoms with E-state index in [0.717, 1.165) is 47.4 Å². The summed E-state index contributed by atoms with van der Waals surface area (Å²) >= 11 is 0. The normalized spacial score (nSPS) is 12.9. The van der Waals surface area contributed by atoms with Crippen LogP contribution in [0.15, 0.2) is 73.1 Å². The van der Waals surface area contributed by atoms with Crippen molar-refractivity contribution in [1.29, 1.82) is 0 Å². The molecule has 36 heavy (non-hydrogen) atoms. The van der Waals surface area contributed by atoms with Gasteiger partial charge in [-0.05, 0) is 60.0 Å². The lowest BCUT2D eigenvalue weighted by atomic mass is 9.95. The number of hydrogen-bond acceptors (Lipinski definition) is 4. The van der Waals surface area contributed by atoms with Gasteiger partial charge in [0.1, 0.15) is 6.33 Å². The third-order valence-electron chi connectivity index (χ3n) is 5.75. The molecule has 1 amide bonds. The molecule has 0 saturated heterocycles. The lowest BCUT2D eigenvalue weighted by Gasteiger charge is -2.20. The van der Waals surface area contributed by atoms with Gasteiger partial charge in [-0.2, -0.15) is 13.2 Å². The highest BCUT2D eigenvalue weighted by Crippen LogP contribution is 2.20. The van der Waals surface area contributed by atoms with Crippen LogP contribution in [-0.2, 0) is 24.3 Å². The van der Waals surface area contributed by atoms with Gasteiger partial charge >= 0.3 is 12.1 Å². The zero-order valence-corrected chi connectivity index (χ0v) is 19.0. The Morgan fingerprint density at radius 3 is 2.47 bits per heavy atom. The second kappa shape index (κ2) is 10.6. The molecule has 2 heterocycles. The van der Waals surface area contributed by atoms with E-state index in [4.69, 9.17) is 9.90 Å². The average molecular weight is 496 g/mol. The largest absolute Gasteiger partial charge is 0.490 e.